The molecule has 3 aliphatic heterocycles. The number of para-hydroxylation sites is 1. The number of likely N-dealkylation sites (tertiary alicyclic amines) is 1. The van der Waals surface area contributed by atoms with Gasteiger partial charge in [-0.1, -0.05) is 32.0 Å². The van der Waals surface area contributed by atoms with Gasteiger partial charge in [-0.3, -0.25) is 9.79 Å². The van der Waals surface area contributed by atoms with Crippen LogP contribution in [0.5, 0.6) is 0 Å². The van der Waals surface area contributed by atoms with Crippen LogP contribution in [0.15, 0.2) is 29.3 Å². The van der Waals surface area contributed by atoms with Crippen molar-refractivity contribution in [3.05, 3.63) is 29.8 Å². The zero-order chi connectivity index (χ0) is 21.4. The lowest BCUT2D eigenvalue weighted by molar-refractivity contribution is -0.119. The largest absolute Gasteiger partial charge is 0.372 e. The van der Waals surface area contributed by atoms with Crippen LogP contribution in [0.3, 0.4) is 0 Å². The molecule has 31 heavy (non-hydrogen) atoms. The number of aliphatic imine (C=N–C) groups is 1. The highest BCUT2D eigenvalue weighted by Gasteiger charge is 2.42. The van der Waals surface area contributed by atoms with Crippen molar-refractivity contribution in [1.82, 2.24) is 10.2 Å². The third kappa shape index (κ3) is 4.13. The van der Waals surface area contributed by atoms with Crippen LogP contribution in [0.25, 0.3) is 0 Å². The molecule has 1 unspecified atom stereocenters. The molecule has 0 radical (unpaired) electrons. The van der Waals surface area contributed by atoms with Crippen molar-refractivity contribution in [3.8, 4) is 0 Å². The normalized spacial score (nSPS) is 29.9. The van der Waals surface area contributed by atoms with Crippen molar-refractivity contribution >= 4 is 17.4 Å². The fraction of sp³-hybridized carbons (Fsp3) is 0.692. The molecule has 5 rings (SSSR count). The quantitative estimate of drug-likeness (QED) is 0.774. The van der Waals surface area contributed by atoms with Gasteiger partial charge in [-0.2, -0.15) is 0 Å². The van der Waals surface area contributed by atoms with E-state index < -0.39 is 0 Å². The van der Waals surface area contributed by atoms with Gasteiger partial charge < -0.3 is 15.1 Å². The van der Waals surface area contributed by atoms with Crippen molar-refractivity contribution < 1.29 is 4.79 Å². The summed E-state index contributed by atoms with van der Waals surface area (Å²) in [7, 11) is 0. The fourth-order valence-corrected chi connectivity index (χ4v) is 6.41. The molecule has 4 aliphatic rings. The van der Waals surface area contributed by atoms with E-state index in [1.807, 2.05) is 0 Å². The van der Waals surface area contributed by atoms with Gasteiger partial charge in [0.25, 0.3) is 0 Å². The van der Waals surface area contributed by atoms with E-state index in [2.05, 4.69) is 58.2 Å². The van der Waals surface area contributed by atoms with Crippen LogP contribution in [0.4, 0.5) is 5.69 Å². The molecule has 0 aromatic heterocycles. The Kier molecular flexibility index (Phi) is 6.05. The third-order valence-electron chi connectivity index (χ3n) is 8.31. The summed E-state index contributed by atoms with van der Waals surface area (Å²) in [5.41, 5.74) is 2.34. The maximum atomic E-state index is 13.6. The summed E-state index contributed by atoms with van der Waals surface area (Å²) in [5.74, 6) is 2.95. The molecular formula is C26H38N4O. The lowest BCUT2D eigenvalue weighted by Gasteiger charge is -2.43. The first-order chi connectivity index (χ1) is 15.1. The van der Waals surface area contributed by atoms with E-state index in [1.165, 1.54) is 31.2 Å². The first-order valence-corrected chi connectivity index (χ1v) is 12.5. The summed E-state index contributed by atoms with van der Waals surface area (Å²) < 4.78 is 0. The molecule has 1 aliphatic carbocycles. The van der Waals surface area contributed by atoms with Crippen LogP contribution in [0, 0.1) is 11.8 Å². The minimum atomic E-state index is -0.0788. The summed E-state index contributed by atoms with van der Waals surface area (Å²) in [6.45, 7) is 8.76. The zero-order valence-corrected chi connectivity index (χ0v) is 19.2. The lowest BCUT2D eigenvalue weighted by atomic mass is 9.79. The standard InChI is InChI=1S/C26H38N4O/c1-18(2)19-7-9-20(10-8-19)29-15-11-21(12-16-29)30-24-6-4-3-5-22(24)23(26(30)31)17-25-27-13-14-28-25/h3-6,18-21,23H,7-17H2,1-2H3,(H,27,28). The van der Waals surface area contributed by atoms with Crippen LogP contribution in [-0.4, -0.2) is 54.9 Å². The van der Waals surface area contributed by atoms with Crippen LogP contribution in [-0.2, 0) is 4.79 Å². The number of carbonyl (C=O) groups excluding carboxylic acids is 1. The Bertz CT molecular complexity index is 818. The molecule has 5 heteroatoms. The van der Waals surface area contributed by atoms with Gasteiger partial charge in [-0.15, -0.1) is 0 Å². The third-order valence-corrected chi connectivity index (χ3v) is 8.31. The molecule has 1 saturated heterocycles. The van der Waals surface area contributed by atoms with Crippen LogP contribution < -0.4 is 10.2 Å². The Balaban J connectivity index is 1.23. The molecule has 0 bridgehead atoms. The monoisotopic (exact) mass is 422 g/mol. The molecule has 1 atom stereocenters. The summed E-state index contributed by atoms with van der Waals surface area (Å²) in [5, 5.41) is 3.35. The minimum Gasteiger partial charge on any atom is -0.372 e. The van der Waals surface area contributed by atoms with Crippen molar-refractivity contribution in [1.29, 1.82) is 0 Å². The van der Waals surface area contributed by atoms with Gasteiger partial charge in [-0.25, -0.2) is 0 Å². The number of piperidine rings is 1. The van der Waals surface area contributed by atoms with Gasteiger partial charge in [0.1, 0.15) is 0 Å². The number of nitrogens with one attached hydrogen (secondary N) is 1. The highest BCUT2D eigenvalue weighted by Crippen LogP contribution is 2.42. The van der Waals surface area contributed by atoms with E-state index in [0.29, 0.717) is 12.5 Å². The summed E-state index contributed by atoms with van der Waals surface area (Å²) >= 11 is 0. The number of fused-ring (bicyclic) bond motifs is 1. The smallest absolute Gasteiger partial charge is 0.235 e. The van der Waals surface area contributed by atoms with Crippen LogP contribution in [0.2, 0.25) is 0 Å². The second-order valence-electron chi connectivity index (χ2n) is 10.4. The predicted octanol–water partition coefficient (Wildman–Crippen LogP) is 4.19. The Morgan fingerprint density at radius 1 is 1.03 bits per heavy atom. The molecule has 1 aromatic carbocycles. The molecule has 1 saturated carbocycles. The Morgan fingerprint density at radius 3 is 2.45 bits per heavy atom. The second-order valence-corrected chi connectivity index (χ2v) is 10.4. The summed E-state index contributed by atoms with van der Waals surface area (Å²) in [6.07, 6.45) is 8.39. The highest BCUT2D eigenvalue weighted by molar-refractivity contribution is 6.07. The highest BCUT2D eigenvalue weighted by atomic mass is 16.2. The van der Waals surface area contributed by atoms with E-state index in [-0.39, 0.29) is 11.8 Å². The van der Waals surface area contributed by atoms with Crippen molar-refractivity contribution in [2.45, 2.75) is 76.8 Å². The summed E-state index contributed by atoms with van der Waals surface area (Å²) in [4.78, 5) is 23.0. The average molecular weight is 423 g/mol. The second kappa shape index (κ2) is 8.93. The summed E-state index contributed by atoms with van der Waals surface area (Å²) in [6, 6.07) is 9.54. The predicted molar refractivity (Wildman–Crippen MR) is 127 cm³/mol. The number of hydrogen-bond acceptors (Lipinski definition) is 4. The van der Waals surface area contributed by atoms with Gasteiger partial charge in [0.15, 0.2) is 0 Å². The molecule has 1 N–H and O–H groups in total. The van der Waals surface area contributed by atoms with E-state index >= 15 is 0 Å². The number of amidine groups is 1. The molecular weight excluding hydrogens is 384 g/mol. The minimum absolute atomic E-state index is 0.0788. The SMILES string of the molecule is CC(C)C1CCC(N2CCC(N3C(=O)C(CC4=NCCN4)c4ccccc43)CC2)CC1. The Hall–Kier alpha value is -1.88. The van der Waals surface area contributed by atoms with Crippen molar-refractivity contribution in [2.24, 2.45) is 16.8 Å². The first kappa shape index (κ1) is 21.0. The topological polar surface area (TPSA) is 47.9 Å². The number of carbonyl (C=O) groups is 1. The molecule has 168 valence electrons. The fourth-order valence-electron chi connectivity index (χ4n) is 6.41. The molecule has 0 spiro atoms. The molecule has 3 heterocycles. The van der Waals surface area contributed by atoms with Gasteiger partial charge >= 0.3 is 0 Å². The van der Waals surface area contributed by atoms with Gasteiger partial charge in [-0.05, 0) is 62.0 Å². The van der Waals surface area contributed by atoms with Gasteiger partial charge in [0.05, 0.1) is 18.3 Å². The molecule has 2 fully saturated rings. The number of benzene rings is 1. The molecule has 5 nitrogen and oxygen atoms in total. The number of amides is 1. The van der Waals surface area contributed by atoms with E-state index in [1.54, 1.807) is 0 Å². The number of hydrogen-bond donors (Lipinski definition) is 1. The van der Waals surface area contributed by atoms with Crippen LogP contribution in [0.1, 0.15) is 70.3 Å². The Labute approximate surface area is 187 Å². The zero-order valence-electron chi connectivity index (χ0n) is 19.2. The van der Waals surface area contributed by atoms with Crippen molar-refractivity contribution in [2.75, 3.05) is 31.1 Å². The van der Waals surface area contributed by atoms with E-state index in [4.69, 9.17) is 0 Å². The van der Waals surface area contributed by atoms with Gasteiger partial charge in [0, 0.05) is 43.8 Å². The van der Waals surface area contributed by atoms with Crippen LogP contribution >= 0.6 is 0 Å². The first-order valence-electron chi connectivity index (χ1n) is 12.5. The number of rotatable bonds is 5. The Morgan fingerprint density at radius 2 is 1.77 bits per heavy atom. The van der Waals surface area contributed by atoms with Crippen molar-refractivity contribution in [3.63, 3.8) is 0 Å². The average Bonchev–Trinajstić information content (AvgIpc) is 3.41. The molecule has 1 amide bonds. The maximum Gasteiger partial charge on any atom is 0.235 e. The van der Waals surface area contributed by atoms with E-state index in [9.17, 15) is 4.79 Å². The number of anilines is 1. The maximum absolute atomic E-state index is 13.6. The van der Waals surface area contributed by atoms with Gasteiger partial charge in [0.2, 0.25) is 5.91 Å². The van der Waals surface area contributed by atoms with E-state index in [0.717, 1.165) is 68.4 Å². The molecule has 1 aromatic rings. The lowest BCUT2D eigenvalue weighted by Crippen LogP contribution is -2.50. The number of nitrogens with zero attached hydrogens (tertiary/aromatic N) is 3.